The first-order chi connectivity index (χ1) is 33.5. The maximum atomic E-state index is 13.4. The van der Waals surface area contributed by atoms with Crippen LogP contribution in [0.25, 0.3) is 0 Å². The summed E-state index contributed by atoms with van der Waals surface area (Å²) in [5.41, 5.74) is 5.62. The molecule has 1 amide bonds. The molecule has 0 saturated carbocycles. The Hall–Kier alpha value is -5.61. The molecule has 0 unspecified atom stereocenters. The molecule has 356 valence electrons. The van der Waals surface area contributed by atoms with Gasteiger partial charge in [0, 0.05) is 6.92 Å². The molecule has 68 heavy (non-hydrogen) atoms. The number of ether oxygens (including phenoxy) is 9. The molecule has 6 aromatic carbocycles. The van der Waals surface area contributed by atoms with Crippen LogP contribution >= 0.6 is 0 Å². The molecule has 0 spiro atoms. The van der Waals surface area contributed by atoms with Gasteiger partial charge in [0.05, 0.1) is 52.9 Å². The van der Waals surface area contributed by atoms with Crippen molar-refractivity contribution in [2.75, 3.05) is 13.2 Å². The van der Waals surface area contributed by atoms with Crippen LogP contribution in [0.4, 0.5) is 0 Å². The van der Waals surface area contributed by atoms with E-state index < -0.39 is 61.3 Å². The van der Waals surface area contributed by atoms with E-state index in [2.05, 4.69) is 5.32 Å². The highest BCUT2D eigenvalue weighted by molar-refractivity contribution is 5.73. The third kappa shape index (κ3) is 14.2. The molecule has 6 aromatic rings. The van der Waals surface area contributed by atoms with Crippen molar-refractivity contribution in [2.24, 2.45) is 0 Å². The SMILES string of the molecule is CC(=O)N[C@H]1[C@@H](O[C@H]2[C@H](OCc3ccccc3)[C@@H](OCc3ccccc3)[C@H](O)O[C@@H]2COCc2ccccc2)O[C@H](COCc2ccccc2)[C@@H](OCc2ccccc2)[C@@H]1OCc1ccccc1. The summed E-state index contributed by atoms with van der Waals surface area (Å²) in [6.07, 6.45) is -8.86. The van der Waals surface area contributed by atoms with E-state index in [9.17, 15) is 9.90 Å². The molecule has 2 N–H and O–H groups in total. The van der Waals surface area contributed by atoms with Gasteiger partial charge in [-0.25, -0.2) is 0 Å². The Morgan fingerprint density at radius 1 is 0.441 bits per heavy atom. The molecule has 2 aliphatic heterocycles. The molecule has 0 radical (unpaired) electrons. The maximum absolute atomic E-state index is 13.4. The number of aliphatic hydroxyl groups is 1. The predicted octanol–water partition coefficient (Wildman–Crippen LogP) is 8.09. The van der Waals surface area contributed by atoms with E-state index in [4.69, 9.17) is 42.6 Å². The summed E-state index contributed by atoms with van der Waals surface area (Å²) in [6, 6.07) is 57.9. The third-order valence-corrected chi connectivity index (χ3v) is 11.8. The Morgan fingerprint density at radius 2 is 0.779 bits per heavy atom. The number of amides is 1. The minimum atomic E-state index is -1.43. The molecule has 12 heteroatoms. The number of hydrogen-bond acceptors (Lipinski definition) is 11. The van der Waals surface area contributed by atoms with Gasteiger partial charge in [-0.15, -0.1) is 0 Å². The van der Waals surface area contributed by atoms with E-state index in [0.29, 0.717) is 6.61 Å². The van der Waals surface area contributed by atoms with Crippen molar-refractivity contribution in [3.63, 3.8) is 0 Å². The van der Waals surface area contributed by atoms with E-state index in [0.717, 1.165) is 33.4 Å². The Bertz CT molecular complexity index is 2330. The van der Waals surface area contributed by atoms with E-state index in [-0.39, 0.29) is 52.2 Å². The fourth-order valence-corrected chi connectivity index (χ4v) is 8.46. The molecule has 10 atom stereocenters. The number of carbonyl (C=O) groups excluding carboxylic acids is 1. The van der Waals surface area contributed by atoms with E-state index >= 15 is 0 Å². The van der Waals surface area contributed by atoms with Crippen molar-refractivity contribution in [2.45, 2.75) is 108 Å². The van der Waals surface area contributed by atoms with Gasteiger partial charge in [-0.2, -0.15) is 0 Å². The first kappa shape index (κ1) is 48.8. The zero-order valence-electron chi connectivity index (χ0n) is 38.3. The van der Waals surface area contributed by atoms with Crippen LogP contribution in [-0.4, -0.2) is 85.6 Å². The van der Waals surface area contributed by atoms with Gasteiger partial charge in [0.25, 0.3) is 0 Å². The summed E-state index contributed by atoms with van der Waals surface area (Å²) in [4.78, 5) is 13.4. The van der Waals surface area contributed by atoms with Gasteiger partial charge < -0.3 is 53.1 Å². The highest BCUT2D eigenvalue weighted by atomic mass is 16.7. The smallest absolute Gasteiger partial charge is 0.217 e. The highest BCUT2D eigenvalue weighted by Crippen LogP contribution is 2.35. The summed E-state index contributed by atoms with van der Waals surface area (Å²) in [6.45, 7) is 2.88. The molecule has 0 aliphatic carbocycles. The number of carbonyl (C=O) groups is 1. The zero-order valence-corrected chi connectivity index (χ0v) is 38.3. The minimum absolute atomic E-state index is 0.00507. The van der Waals surface area contributed by atoms with E-state index in [1.807, 2.05) is 182 Å². The first-order valence-electron chi connectivity index (χ1n) is 23.2. The molecule has 12 nitrogen and oxygen atoms in total. The van der Waals surface area contributed by atoms with Gasteiger partial charge in [-0.1, -0.05) is 182 Å². The lowest BCUT2D eigenvalue weighted by atomic mass is 9.94. The van der Waals surface area contributed by atoms with Crippen molar-refractivity contribution < 1.29 is 52.5 Å². The number of aliphatic hydroxyl groups excluding tert-OH is 1. The lowest BCUT2D eigenvalue weighted by molar-refractivity contribution is -0.357. The van der Waals surface area contributed by atoms with Crippen LogP contribution in [0.2, 0.25) is 0 Å². The van der Waals surface area contributed by atoms with Gasteiger partial charge >= 0.3 is 0 Å². The minimum Gasteiger partial charge on any atom is -0.374 e. The predicted molar refractivity (Wildman–Crippen MR) is 254 cm³/mol. The van der Waals surface area contributed by atoms with Crippen molar-refractivity contribution >= 4 is 5.91 Å². The molecule has 2 aliphatic rings. The zero-order chi connectivity index (χ0) is 46.8. The van der Waals surface area contributed by atoms with E-state index in [1.54, 1.807) is 0 Å². The quantitative estimate of drug-likeness (QED) is 0.0647. The van der Waals surface area contributed by atoms with Crippen LogP contribution < -0.4 is 5.32 Å². The second-order valence-electron chi connectivity index (χ2n) is 17.0. The Kier molecular flexibility index (Phi) is 18.4. The Morgan fingerprint density at radius 3 is 1.18 bits per heavy atom. The summed E-state index contributed by atoms with van der Waals surface area (Å²) in [5.74, 6) is -0.333. The van der Waals surface area contributed by atoms with Crippen LogP contribution in [0.5, 0.6) is 0 Å². The summed E-state index contributed by atoms with van der Waals surface area (Å²) < 4.78 is 60.5. The molecule has 2 saturated heterocycles. The maximum Gasteiger partial charge on any atom is 0.217 e. The molecule has 8 rings (SSSR count). The monoisotopic (exact) mass is 923 g/mol. The van der Waals surface area contributed by atoms with Crippen molar-refractivity contribution in [3.8, 4) is 0 Å². The number of rotatable bonds is 23. The van der Waals surface area contributed by atoms with Gasteiger partial charge in [0.15, 0.2) is 12.6 Å². The lowest BCUT2D eigenvalue weighted by Crippen LogP contribution is -2.68. The number of benzene rings is 6. The third-order valence-electron chi connectivity index (χ3n) is 11.8. The summed E-state index contributed by atoms with van der Waals surface area (Å²) in [5, 5.41) is 15.0. The van der Waals surface area contributed by atoms with Crippen LogP contribution in [0.1, 0.15) is 40.3 Å². The van der Waals surface area contributed by atoms with Gasteiger partial charge in [-0.05, 0) is 33.4 Å². The standard InChI is InChI=1S/C56H61NO11/c1-40(58)57-49-52(63-35-44-26-14-5-15-27-44)50(62-34-43-24-12-4-13-25-43)47(38-60-32-41-20-8-2-9-21-41)67-56(49)68-51-48(39-61-33-42-22-10-3-11-23-42)66-55(59)54(65-37-46-30-18-7-19-31-46)53(51)64-36-45-28-16-6-17-29-45/h2-31,47-56,59H,32-39H2,1H3,(H,57,58)/t47-,48-,49-,50-,51-,52-,53+,54-,55-,56-/m1/s1. The Balaban J connectivity index is 1.16. The second-order valence-corrected chi connectivity index (χ2v) is 17.0. The molecule has 0 aromatic heterocycles. The lowest BCUT2D eigenvalue weighted by Gasteiger charge is -2.50. The normalized spacial score (nSPS) is 24.9. The van der Waals surface area contributed by atoms with Gasteiger partial charge in [0.2, 0.25) is 5.91 Å². The average Bonchev–Trinajstić information content (AvgIpc) is 3.37. The van der Waals surface area contributed by atoms with Gasteiger partial charge in [0.1, 0.15) is 48.8 Å². The second kappa shape index (κ2) is 25.7. The average molecular weight is 924 g/mol. The van der Waals surface area contributed by atoms with Gasteiger partial charge in [-0.3, -0.25) is 4.79 Å². The van der Waals surface area contributed by atoms with Crippen molar-refractivity contribution in [1.82, 2.24) is 5.32 Å². The summed E-state index contributed by atoms with van der Waals surface area (Å²) >= 11 is 0. The van der Waals surface area contributed by atoms with Crippen molar-refractivity contribution in [3.05, 3.63) is 215 Å². The van der Waals surface area contributed by atoms with E-state index in [1.165, 1.54) is 6.92 Å². The summed E-state index contributed by atoms with van der Waals surface area (Å²) in [7, 11) is 0. The van der Waals surface area contributed by atoms with Crippen LogP contribution in [-0.2, 0) is 87.1 Å². The molecular weight excluding hydrogens is 863 g/mol. The van der Waals surface area contributed by atoms with Crippen LogP contribution in [0.3, 0.4) is 0 Å². The van der Waals surface area contributed by atoms with Crippen molar-refractivity contribution in [1.29, 1.82) is 0 Å². The van der Waals surface area contributed by atoms with Crippen LogP contribution in [0.15, 0.2) is 182 Å². The largest absolute Gasteiger partial charge is 0.374 e. The fraction of sp³-hybridized carbons (Fsp3) is 0.339. The molecule has 0 bridgehead atoms. The first-order valence-corrected chi connectivity index (χ1v) is 23.2. The molecule has 2 fully saturated rings. The number of nitrogens with one attached hydrogen (secondary N) is 1. The molecular formula is C56H61NO11. The highest BCUT2D eigenvalue weighted by Gasteiger charge is 2.54. The topological polar surface area (TPSA) is 132 Å². The fourth-order valence-electron chi connectivity index (χ4n) is 8.46. The number of hydrogen-bond donors (Lipinski definition) is 2. The Labute approximate surface area is 399 Å². The molecule has 2 heterocycles. The van der Waals surface area contributed by atoms with Crippen LogP contribution in [0, 0.1) is 0 Å².